The van der Waals surface area contributed by atoms with Crippen molar-refractivity contribution in [3.8, 4) is 5.75 Å². The van der Waals surface area contributed by atoms with E-state index in [0.29, 0.717) is 27.5 Å². The molecule has 28 heavy (non-hydrogen) atoms. The number of carbonyl (C=O) groups is 2. The van der Waals surface area contributed by atoms with Gasteiger partial charge in [0.25, 0.3) is 11.8 Å². The third kappa shape index (κ3) is 3.64. The van der Waals surface area contributed by atoms with Crippen LogP contribution < -0.4 is 14.5 Å². The van der Waals surface area contributed by atoms with Crippen molar-refractivity contribution in [1.82, 2.24) is 0 Å². The van der Waals surface area contributed by atoms with Crippen molar-refractivity contribution in [2.45, 2.75) is 19.1 Å². The second kappa shape index (κ2) is 8.10. The van der Waals surface area contributed by atoms with Crippen LogP contribution in [0.3, 0.4) is 0 Å². The number of methoxy groups -OCH3 is 1. The number of thioether (sulfide) groups is 1. The SMILES string of the molecule is COc1ccccc1C1=C(SC(C)C)C(=O)N(c2cccc(N(C)C)c2)C1=O. The van der Waals surface area contributed by atoms with Gasteiger partial charge in [0, 0.05) is 30.6 Å². The molecule has 2 amide bonds. The lowest BCUT2D eigenvalue weighted by Crippen LogP contribution is -2.31. The maximum atomic E-state index is 13.4. The second-order valence-electron chi connectivity index (χ2n) is 6.93. The summed E-state index contributed by atoms with van der Waals surface area (Å²) in [6.45, 7) is 4.01. The fraction of sp³-hybridized carbons (Fsp3) is 0.273. The molecule has 0 fully saturated rings. The van der Waals surface area contributed by atoms with Gasteiger partial charge < -0.3 is 9.64 Å². The van der Waals surface area contributed by atoms with Gasteiger partial charge in [-0.3, -0.25) is 9.59 Å². The highest BCUT2D eigenvalue weighted by Crippen LogP contribution is 2.42. The summed E-state index contributed by atoms with van der Waals surface area (Å²) in [7, 11) is 5.41. The Balaban J connectivity index is 2.14. The second-order valence-corrected chi connectivity index (χ2v) is 8.52. The fourth-order valence-corrected chi connectivity index (χ4v) is 4.07. The van der Waals surface area contributed by atoms with Crippen LogP contribution in [0.1, 0.15) is 19.4 Å². The molecule has 5 nitrogen and oxygen atoms in total. The molecule has 1 aliphatic heterocycles. The lowest BCUT2D eigenvalue weighted by molar-refractivity contribution is -0.119. The monoisotopic (exact) mass is 396 g/mol. The highest BCUT2D eigenvalue weighted by molar-refractivity contribution is 8.04. The molecule has 0 bridgehead atoms. The van der Waals surface area contributed by atoms with Crippen molar-refractivity contribution in [3.05, 3.63) is 59.0 Å². The molecule has 6 heteroatoms. The van der Waals surface area contributed by atoms with Crippen molar-refractivity contribution in [3.63, 3.8) is 0 Å². The number of amides is 2. The van der Waals surface area contributed by atoms with Gasteiger partial charge in [0.2, 0.25) is 0 Å². The zero-order valence-electron chi connectivity index (χ0n) is 16.7. The van der Waals surface area contributed by atoms with E-state index < -0.39 is 0 Å². The van der Waals surface area contributed by atoms with Crippen molar-refractivity contribution in [2.24, 2.45) is 0 Å². The van der Waals surface area contributed by atoms with Crippen molar-refractivity contribution >= 4 is 40.5 Å². The Morgan fingerprint density at radius 2 is 1.71 bits per heavy atom. The van der Waals surface area contributed by atoms with E-state index in [1.165, 1.54) is 16.7 Å². The molecule has 146 valence electrons. The van der Waals surface area contributed by atoms with E-state index >= 15 is 0 Å². The molecule has 3 rings (SSSR count). The summed E-state index contributed by atoms with van der Waals surface area (Å²) in [6, 6.07) is 14.7. The Morgan fingerprint density at radius 1 is 1.00 bits per heavy atom. The van der Waals surface area contributed by atoms with Gasteiger partial charge in [-0.2, -0.15) is 0 Å². The third-order valence-electron chi connectivity index (χ3n) is 4.38. The van der Waals surface area contributed by atoms with Crippen molar-refractivity contribution < 1.29 is 14.3 Å². The summed E-state index contributed by atoms with van der Waals surface area (Å²) in [5.74, 6) is -0.0431. The molecule has 0 N–H and O–H groups in total. The number of rotatable bonds is 6. The fourth-order valence-electron chi connectivity index (χ4n) is 3.09. The Morgan fingerprint density at radius 3 is 2.36 bits per heavy atom. The Hall–Kier alpha value is -2.73. The molecule has 0 spiro atoms. The van der Waals surface area contributed by atoms with Crippen molar-refractivity contribution in [2.75, 3.05) is 31.0 Å². The first kappa shape index (κ1) is 20.0. The molecular formula is C22H24N2O3S. The molecule has 2 aromatic rings. The minimum Gasteiger partial charge on any atom is -0.496 e. The van der Waals surface area contributed by atoms with Gasteiger partial charge in [0.15, 0.2) is 0 Å². The minimum atomic E-state index is -0.325. The van der Waals surface area contributed by atoms with Crippen LogP contribution in [0.5, 0.6) is 5.75 Å². The molecule has 1 heterocycles. The number of hydrogen-bond acceptors (Lipinski definition) is 5. The number of carbonyl (C=O) groups excluding carboxylic acids is 2. The number of nitrogens with zero attached hydrogens (tertiary/aromatic N) is 2. The topological polar surface area (TPSA) is 49.9 Å². The predicted octanol–water partition coefficient (Wildman–Crippen LogP) is 4.19. The lowest BCUT2D eigenvalue weighted by Gasteiger charge is -2.19. The molecule has 0 saturated heterocycles. The maximum absolute atomic E-state index is 13.4. The zero-order chi connectivity index (χ0) is 20.4. The van der Waals surface area contributed by atoms with Crippen LogP contribution in [0.4, 0.5) is 11.4 Å². The number of imide groups is 1. The van der Waals surface area contributed by atoms with E-state index in [0.717, 1.165) is 5.69 Å². The number of benzene rings is 2. The Labute approximate surface area is 170 Å². The molecule has 0 aromatic heterocycles. The standard InChI is InChI=1S/C22H24N2O3S/c1-14(2)28-20-19(17-11-6-7-12-18(17)27-5)21(25)24(22(20)26)16-10-8-9-15(13-16)23(3)4/h6-14H,1-5H3. The van der Waals surface area contributed by atoms with Crippen LogP contribution in [0, 0.1) is 0 Å². The van der Waals surface area contributed by atoms with E-state index in [1.807, 2.05) is 69.2 Å². The molecule has 0 radical (unpaired) electrons. The molecule has 0 saturated carbocycles. The lowest BCUT2D eigenvalue weighted by atomic mass is 10.0. The number of anilines is 2. The number of hydrogen-bond donors (Lipinski definition) is 0. The first-order valence-corrected chi connectivity index (χ1v) is 9.93. The third-order valence-corrected chi connectivity index (χ3v) is 5.46. The molecular weight excluding hydrogens is 372 g/mol. The molecule has 0 unspecified atom stereocenters. The largest absolute Gasteiger partial charge is 0.496 e. The van der Waals surface area contributed by atoms with Crippen LogP contribution in [0.25, 0.3) is 5.57 Å². The average molecular weight is 397 g/mol. The molecule has 1 aliphatic rings. The number of ether oxygens (including phenoxy) is 1. The van der Waals surface area contributed by atoms with E-state index in [4.69, 9.17) is 4.74 Å². The van der Waals surface area contributed by atoms with Crippen LogP contribution >= 0.6 is 11.8 Å². The molecule has 2 aromatic carbocycles. The Bertz CT molecular complexity index is 950. The normalized spacial score (nSPS) is 14.3. The van der Waals surface area contributed by atoms with Gasteiger partial charge in [0.05, 0.1) is 23.3 Å². The molecule has 0 atom stereocenters. The highest BCUT2D eigenvalue weighted by atomic mass is 32.2. The maximum Gasteiger partial charge on any atom is 0.272 e. The highest BCUT2D eigenvalue weighted by Gasteiger charge is 2.41. The predicted molar refractivity (Wildman–Crippen MR) is 116 cm³/mol. The van der Waals surface area contributed by atoms with Gasteiger partial charge in [-0.25, -0.2) is 4.90 Å². The van der Waals surface area contributed by atoms with Gasteiger partial charge in [-0.05, 0) is 24.3 Å². The van der Waals surface area contributed by atoms with Gasteiger partial charge in [0.1, 0.15) is 5.75 Å². The smallest absolute Gasteiger partial charge is 0.272 e. The van der Waals surface area contributed by atoms with E-state index in [2.05, 4.69) is 0 Å². The summed E-state index contributed by atoms with van der Waals surface area (Å²) in [4.78, 5) is 30.4. The van der Waals surface area contributed by atoms with E-state index in [9.17, 15) is 9.59 Å². The zero-order valence-corrected chi connectivity index (χ0v) is 17.5. The van der Waals surface area contributed by atoms with E-state index in [1.54, 1.807) is 19.2 Å². The van der Waals surface area contributed by atoms with Crippen molar-refractivity contribution in [1.29, 1.82) is 0 Å². The first-order chi connectivity index (χ1) is 13.3. The minimum absolute atomic E-state index is 0.157. The number of para-hydroxylation sites is 1. The Kier molecular flexibility index (Phi) is 5.79. The van der Waals surface area contributed by atoms with Crippen LogP contribution in [-0.2, 0) is 9.59 Å². The first-order valence-electron chi connectivity index (χ1n) is 9.05. The van der Waals surface area contributed by atoms with Gasteiger partial charge >= 0.3 is 0 Å². The van der Waals surface area contributed by atoms with E-state index in [-0.39, 0.29) is 17.1 Å². The average Bonchev–Trinajstić information content (AvgIpc) is 2.91. The van der Waals surface area contributed by atoms with Crippen LogP contribution in [0.2, 0.25) is 0 Å². The summed E-state index contributed by atoms with van der Waals surface area (Å²) in [5, 5.41) is 0.157. The molecule has 0 aliphatic carbocycles. The van der Waals surface area contributed by atoms with Gasteiger partial charge in [-0.15, -0.1) is 11.8 Å². The van der Waals surface area contributed by atoms with Crippen LogP contribution in [0.15, 0.2) is 53.4 Å². The van der Waals surface area contributed by atoms with Gasteiger partial charge in [-0.1, -0.05) is 38.1 Å². The summed E-state index contributed by atoms with van der Waals surface area (Å²) in [6.07, 6.45) is 0. The summed E-state index contributed by atoms with van der Waals surface area (Å²) in [5.41, 5.74) is 2.52. The van der Waals surface area contributed by atoms with Crippen LogP contribution in [-0.4, -0.2) is 38.3 Å². The summed E-state index contributed by atoms with van der Waals surface area (Å²) >= 11 is 1.41. The quantitative estimate of drug-likeness (QED) is 0.686. The summed E-state index contributed by atoms with van der Waals surface area (Å²) < 4.78 is 5.45.